The first-order valence-electron chi connectivity index (χ1n) is 8.34. The third kappa shape index (κ3) is 4.96. The zero-order valence-electron chi connectivity index (χ0n) is 15.6. The second kappa shape index (κ2) is 8.85. The summed E-state index contributed by atoms with van der Waals surface area (Å²) < 4.78 is 5.25. The van der Waals surface area contributed by atoms with E-state index in [0.29, 0.717) is 5.75 Å². The summed E-state index contributed by atoms with van der Waals surface area (Å²) in [6.45, 7) is 3.92. The zero-order chi connectivity index (χ0) is 19.1. The fourth-order valence-corrected chi connectivity index (χ4v) is 2.46. The number of carbonyl (C=O) groups excluding carboxylic acids is 2. The van der Waals surface area contributed by atoms with E-state index in [1.54, 1.807) is 20.2 Å². The number of nitrogens with zero attached hydrogens (tertiary/aromatic N) is 1. The van der Waals surface area contributed by atoms with Crippen molar-refractivity contribution in [3.05, 3.63) is 65.2 Å². The van der Waals surface area contributed by atoms with Crippen molar-refractivity contribution >= 4 is 23.6 Å². The van der Waals surface area contributed by atoms with E-state index < -0.39 is 0 Å². The number of methoxy groups -OCH3 is 1. The van der Waals surface area contributed by atoms with E-state index in [1.807, 2.05) is 56.3 Å². The van der Waals surface area contributed by atoms with Gasteiger partial charge in [0.1, 0.15) is 5.75 Å². The number of nitrogens with one attached hydrogen (secondary N) is 1. The number of aryl methyl sites for hydroxylation is 1. The minimum atomic E-state index is -0.257. The first kappa shape index (κ1) is 19.2. The lowest BCUT2D eigenvalue weighted by atomic mass is 10.1. The highest BCUT2D eigenvalue weighted by Gasteiger charge is 2.12. The van der Waals surface area contributed by atoms with E-state index in [4.69, 9.17) is 4.74 Å². The lowest BCUT2D eigenvalue weighted by molar-refractivity contribution is -0.129. The van der Waals surface area contributed by atoms with E-state index >= 15 is 0 Å². The van der Waals surface area contributed by atoms with E-state index in [1.165, 1.54) is 11.0 Å². The lowest BCUT2D eigenvalue weighted by Crippen LogP contribution is -2.34. The molecule has 0 atom stereocenters. The Balaban J connectivity index is 1.97. The van der Waals surface area contributed by atoms with Crippen LogP contribution in [0.5, 0.6) is 5.75 Å². The van der Waals surface area contributed by atoms with Gasteiger partial charge in [-0.1, -0.05) is 30.3 Å². The van der Waals surface area contributed by atoms with E-state index in [9.17, 15) is 9.59 Å². The second-order valence-corrected chi connectivity index (χ2v) is 6.07. The first-order valence-corrected chi connectivity index (χ1v) is 8.34. The largest absolute Gasteiger partial charge is 0.496 e. The van der Waals surface area contributed by atoms with Crippen molar-refractivity contribution in [2.24, 2.45) is 0 Å². The molecule has 0 unspecified atom stereocenters. The van der Waals surface area contributed by atoms with Crippen LogP contribution in [0.15, 0.2) is 48.5 Å². The minimum Gasteiger partial charge on any atom is -0.496 e. The number of likely N-dealkylation sites (N-methyl/N-ethyl adjacent to an activating group) is 1. The van der Waals surface area contributed by atoms with Crippen LogP contribution in [0.25, 0.3) is 6.08 Å². The Morgan fingerprint density at radius 2 is 1.85 bits per heavy atom. The molecule has 2 aromatic carbocycles. The molecule has 2 rings (SSSR count). The summed E-state index contributed by atoms with van der Waals surface area (Å²) >= 11 is 0. The molecule has 5 heteroatoms. The van der Waals surface area contributed by atoms with Crippen molar-refractivity contribution in [2.45, 2.75) is 13.8 Å². The predicted molar refractivity (Wildman–Crippen MR) is 104 cm³/mol. The molecule has 0 fully saturated rings. The summed E-state index contributed by atoms with van der Waals surface area (Å²) in [5, 5.41) is 2.85. The molecule has 0 aliphatic rings. The Morgan fingerprint density at radius 3 is 2.58 bits per heavy atom. The van der Waals surface area contributed by atoms with Gasteiger partial charge in [0.05, 0.1) is 13.7 Å². The normalized spacial score (nSPS) is 10.6. The summed E-state index contributed by atoms with van der Waals surface area (Å²) in [5.74, 6) is 0.194. The van der Waals surface area contributed by atoms with Crippen LogP contribution >= 0.6 is 0 Å². The van der Waals surface area contributed by atoms with Crippen LogP contribution in [0.3, 0.4) is 0 Å². The van der Waals surface area contributed by atoms with Gasteiger partial charge < -0.3 is 15.0 Å². The molecular weight excluding hydrogens is 328 g/mol. The molecule has 0 spiro atoms. The molecule has 0 aliphatic heterocycles. The van der Waals surface area contributed by atoms with Crippen LogP contribution < -0.4 is 10.1 Å². The number of amides is 2. The van der Waals surface area contributed by atoms with Gasteiger partial charge in [-0.25, -0.2) is 0 Å². The highest BCUT2D eigenvalue weighted by molar-refractivity contribution is 5.98. The third-order valence-electron chi connectivity index (χ3n) is 4.18. The van der Waals surface area contributed by atoms with Gasteiger partial charge in [-0.05, 0) is 43.2 Å². The summed E-state index contributed by atoms with van der Waals surface area (Å²) in [6.07, 6.45) is 3.11. The Hall–Kier alpha value is -3.08. The number of hydrogen-bond acceptors (Lipinski definition) is 3. The van der Waals surface area contributed by atoms with Gasteiger partial charge >= 0.3 is 0 Å². The maximum atomic E-state index is 12.2. The van der Waals surface area contributed by atoms with E-state index in [0.717, 1.165) is 22.4 Å². The summed E-state index contributed by atoms with van der Waals surface area (Å²) in [7, 11) is 3.18. The highest BCUT2D eigenvalue weighted by Crippen LogP contribution is 2.19. The molecule has 0 saturated carbocycles. The standard InChI is InChI=1S/C21H24N2O3/c1-15-8-7-10-18(16(15)2)22-20(24)14-23(3)21(25)13-12-17-9-5-6-11-19(17)26-4/h5-13H,14H2,1-4H3,(H,22,24)/b13-12+. The quantitative estimate of drug-likeness (QED) is 0.811. The molecule has 0 heterocycles. The fraction of sp³-hybridized carbons (Fsp3) is 0.238. The highest BCUT2D eigenvalue weighted by atomic mass is 16.5. The number of hydrogen-bond donors (Lipinski definition) is 1. The van der Waals surface area contributed by atoms with Crippen molar-refractivity contribution in [1.29, 1.82) is 0 Å². The smallest absolute Gasteiger partial charge is 0.246 e. The average Bonchev–Trinajstić information content (AvgIpc) is 2.63. The lowest BCUT2D eigenvalue weighted by Gasteiger charge is -2.16. The average molecular weight is 352 g/mol. The summed E-state index contributed by atoms with van der Waals surface area (Å²) in [4.78, 5) is 25.8. The Morgan fingerprint density at radius 1 is 1.12 bits per heavy atom. The first-order chi connectivity index (χ1) is 12.4. The predicted octanol–water partition coefficient (Wildman–Crippen LogP) is 3.42. The summed E-state index contributed by atoms with van der Waals surface area (Å²) in [5.41, 5.74) is 3.69. The van der Waals surface area contributed by atoms with Gasteiger partial charge in [-0.3, -0.25) is 9.59 Å². The Bertz CT molecular complexity index is 828. The molecule has 0 radical (unpaired) electrons. The molecule has 136 valence electrons. The van der Waals surface area contributed by atoms with Gasteiger partial charge in [0.2, 0.25) is 11.8 Å². The second-order valence-electron chi connectivity index (χ2n) is 6.07. The van der Waals surface area contributed by atoms with Gasteiger partial charge in [-0.15, -0.1) is 0 Å². The number of para-hydroxylation sites is 1. The van der Waals surface area contributed by atoms with Crippen LogP contribution in [0.2, 0.25) is 0 Å². The zero-order valence-corrected chi connectivity index (χ0v) is 15.6. The van der Waals surface area contributed by atoms with Gasteiger partial charge in [0.15, 0.2) is 0 Å². The van der Waals surface area contributed by atoms with E-state index in [-0.39, 0.29) is 18.4 Å². The Labute approximate surface area is 154 Å². The molecule has 26 heavy (non-hydrogen) atoms. The van der Waals surface area contributed by atoms with Crippen molar-refractivity contribution < 1.29 is 14.3 Å². The van der Waals surface area contributed by atoms with Crippen LogP contribution in [-0.4, -0.2) is 37.4 Å². The van der Waals surface area contributed by atoms with Crippen molar-refractivity contribution in [3.8, 4) is 5.75 Å². The van der Waals surface area contributed by atoms with E-state index in [2.05, 4.69) is 5.32 Å². The number of benzene rings is 2. The number of rotatable bonds is 6. The SMILES string of the molecule is COc1ccccc1/C=C/C(=O)N(C)CC(=O)Nc1cccc(C)c1C. The van der Waals surface area contributed by atoms with Gasteiger partial charge in [0, 0.05) is 24.4 Å². The van der Waals surface area contributed by atoms with Crippen molar-refractivity contribution in [3.63, 3.8) is 0 Å². The van der Waals surface area contributed by atoms with Gasteiger partial charge in [0.25, 0.3) is 0 Å². The van der Waals surface area contributed by atoms with Crippen LogP contribution in [0.1, 0.15) is 16.7 Å². The molecule has 0 aliphatic carbocycles. The Kier molecular flexibility index (Phi) is 6.55. The van der Waals surface area contributed by atoms with Crippen LogP contribution in [0.4, 0.5) is 5.69 Å². The number of carbonyl (C=O) groups is 2. The minimum absolute atomic E-state index is 0.0253. The molecule has 5 nitrogen and oxygen atoms in total. The molecule has 0 bridgehead atoms. The van der Waals surface area contributed by atoms with Gasteiger partial charge in [-0.2, -0.15) is 0 Å². The molecule has 2 amide bonds. The van der Waals surface area contributed by atoms with Crippen LogP contribution in [0, 0.1) is 13.8 Å². The molecule has 0 saturated heterocycles. The fourth-order valence-electron chi connectivity index (χ4n) is 2.46. The van der Waals surface area contributed by atoms with Crippen molar-refractivity contribution in [2.75, 3.05) is 26.0 Å². The summed E-state index contributed by atoms with van der Waals surface area (Å²) in [6, 6.07) is 13.1. The molecule has 1 N–H and O–H groups in total. The maximum absolute atomic E-state index is 12.2. The molecular formula is C21H24N2O3. The molecule has 2 aromatic rings. The monoisotopic (exact) mass is 352 g/mol. The number of ether oxygens (including phenoxy) is 1. The number of anilines is 1. The topological polar surface area (TPSA) is 58.6 Å². The molecule has 0 aromatic heterocycles. The van der Waals surface area contributed by atoms with Crippen molar-refractivity contribution in [1.82, 2.24) is 4.90 Å². The third-order valence-corrected chi connectivity index (χ3v) is 4.18. The maximum Gasteiger partial charge on any atom is 0.246 e. The van der Waals surface area contributed by atoms with Crippen LogP contribution in [-0.2, 0) is 9.59 Å².